The summed E-state index contributed by atoms with van der Waals surface area (Å²) in [5, 5.41) is 8.60. The number of hydrogen-bond acceptors (Lipinski definition) is 4. The molecule has 7 nitrogen and oxygen atoms in total. The Morgan fingerprint density at radius 2 is 1.92 bits per heavy atom. The first-order valence-corrected chi connectivity index (χ1v) is 7.67. The maximum Gasteiger partial charge on any atom is 0.277 e. The molecular formula is C17H19FN4O3. The number of aryl methyl sites for hydroxylation is 1. The Kier molecular flexibility index (Phi) is 5.63. The van der Waals surface area contributed by atoms with E-state index in [0.29, 0.717) is 16.8 Å². The van der Waals surface area contributed by atoms with Crippen molar-refractivity contribution in [3.63, 3.8) is 0 Å². The molecule has 0 spiro atoms. The van der Waals surface area contributed by atoms with Crippen LogP contribution in [0.2, 0.25) is 0 Å². The molecule has 1 heterocycles. The van der Waals surface area contributed by atoms with Gasteiger partial charge in [0.25, 0.3) is 11.5 Å². The van der Waals surface area contributed by atoms with Crippen LogP contribution in [0.4, 0.5) is 4.39 Å². The van der Waals surface area contributed by atoms with Gasteiger partial charge < -0.3 is 11.1 Å². The summed E-state index contributed by atoms with van der Waals surface area (Å²) in [5.41, 5.74) is 6.45. The summed E-state index contributed by atoms with van der Waals surface area (Å²) < 4.78 is 12.9. The van der Waals surface area contributed by atoms with E-state index in [4.69, 9.17) is 5.73 Å². The van der Waals surface area contributed by atoms with Crippen molar-refractivity contribution >= 4 is 11.8 Å². The zero-order chi connectivity index (χ0) is 18.6. The van der Waals surface area contributed by atoms with Crippen LogP contribution in [-0.4, -0.2) is 28.6 Å². The van der Waals surface area contributed by atoms with Crippen molar-refractivity contribution in [2.24, 2.45) is 11.7 Å². The first kappa shape index (κ1) is 18.3. The highest BCUT2D eigenvalue weighted by Gasteiger charge is 2.20. The second-order valence-corrected chi connectivity index (χ2v) is 5.78. The number of nitrogens with one attached hydrogen (secondary N) is 2. The fourth-order valence-electron chi connectivity index (χ4n) is 2.38. The van der Waals surface area contributed by atoms with Crippen LogP contribution < -0.4 is 16.6 Å². The molecule has 0 aliphatic heterocycles. The number of primary amides is 1. The molecular weight excluding hydrogens is 327 g/mol. The number of nitrogens with zero attached hydrogens (tertiary/aromatic N) is 1. The van der Waals surface area contributed by atoms with Crippen molar-refractivity contribution in [3.05, 3.63) is 62.8 Å². The van der Waals surface area contributed by atoms with Gasteiger partial charge in [0.05, 0.1) is 11.6 Å². The number of H-pyrrole nitrogens is 1. The van der Waals surface area contributed by atoms with Gasteiger partial charge in [-0.3, -0.25) is 14.4 Å². The Bertz CT molecular complexity index is 846. The molecule has 1 atom stereocenters. The van der Waals surface area contributed by atoms with Gasteiger partial charge in [-0.05, 0) is 43.5 Å². The van der Waals surface area contributed by atoms with E-state index in [1.807, 2.05) is 0 Å². The summed E-state index contributed by atoms with van der Waals surface area (Å²) in [4.78, 5) is 35.8. The molecule has 2 amide bonds. The standard InChI is InChI=1S/C17H19FN4O3/c1-9-10(2)21-22-17(25)14(9)16(24)20-8-12(15(19)23)7-11-3-5-13(18)6-4-11/h3-6,12H,7-8H2,1-2H3,(H2,19,23)(H,20,24)(H,22,25)/t12-/m1/s1. The van der Waals surface area contributed by atoms with E-state index >= 15 is 0 Å². The van der Waals surface area contributed by atoms with Gasteiger partial charge in [-0.25, -0.2) is 9.49 Å². The summed E-state index contributed by atoms with van der Waals surface area (Å²) >= 11 is 0. The molecule has 0 fully saturated rings. The van der Waals surface area contributed by atoms with Crippen LogP contribution in [0.15, 0.2) is 29.1 Å². The average Bonchev–Trinajstić information content (AvgIpc) is 2.56. The Morgan fingerprint density at radius 1 is 1.28 bits per heavy atom. The predicted molar refractivity (Wildman–Crippen MR) is 89.5 cm³/mol. The Labute approximate surface area is 143 Å². The van der Waals surface area contributed by atoms with E-state index in [1.54, 1.807) is 26.0 Å². The molecule has 0 unspecified atom stereocenters. The number of nitrogens with two attached hydrogens (primary N) is 1. The first-order chi connectivity index (χ1) is 11.8. The third-order valence-corrected chi connectivity index (χ3v) is 4.00. The smallest absolute Gasteiger partial charge is 0.277 e. The van der Waals surface area contributed by atoms with Gasteiger partial charge in [0.1, 0.15) is 11.4 Å². The number of halogens is 1. The predicted octanol–water partition coefficient (Wildman–Crippen LogP) is 0.600. The molecule has 25 heavy (non-hydrogen) atoms. The number of hydrogen-bond donors (Lipinski definition) is 3. The van der Waals surface area contributed by atoms with Crippen molar-refractivity contribution in [2.75, 3.05) is 6.54 Å². The van der Waals surface area contributed by atoms with Crippen LogP contribution in [0.25, 0.3) is 0 Å². The fourth-order valence-corrected chi connectivity index (χ4v) is 2.38. The molecule has 4 N–H and O–H groups in total. The molecule has 1 aromatic carbocycles. The maximum absolute atomic E-state index is 12.9. The number of aromatic amines is 1. The monoisotopic (exact) mass is 346 g/mol. The SMILES string of the molecule is Cc1n[nH]c(=O)c(C(=O)NC[C@@H](Cc2ccc(F)cc2)C(N)=O)c1C. The Hall–Kier alpha value is -3.03. The van der Waals surface area contributed by atoms with Gasteiger partial charge in [0.15, 0.2) is 0 Å². The van der Waals surface area contributed by atoms with Gasteiger partial charge in [-0.15, -0.1) is 0 Å². The summed E-state index contributed by atoms with van der Waals surface area (Å²) in [6, 6.07) is 5.67. The quantitative estimate of drug-likeness (QED) is 0.710. The summed E-state index contributed by atoms with van der Waals surface area (Å²) in [6.45, 7) is 3.26. The summed E-state index contributed by atoms with van der Waals surface area (Å²) in [7, 11) is 0. The van der Waals surface area contributed by atoms with E-state index in [2.05, 4.69) is 15.5 Å². The lowest BCUT2D eigenvalue weighted by Gasteiger charge is -2.15. The highest BCUT2D eigenvalue weighted by Crippen LogP contribution is 2.10. The lowest BCUT2D eigenvalue weighted by Crippen LogP contribution is -2.39. The van der Waals surface area contributed by atoms with Crippen LogP contribution in [0.3, 0.4) is 0 Å². The highest BCUT2D eigenvalue weighted by atomic mass is 19.1. The third kappa shape index (κ3) is 4.50. The normalized spacial score (nSPS) is 11.8. The minimum atomic E-state index is -0.684. The number of benzene rings is 1. The van der Waals surface area contributed by atoms with Crippen molar-refractivity contribution in [3.8, 4) is 0 Å². The largest absolute Gasteiger partial charge is 0.369 e. The zero-order valence-corrected chi connectivity index (χ0v) is 13.9. The van der Waals surface area contributed by atoms with Crippen molar-refractivity contribution in [1.29, 1.82) is 0 Å². The minimum absolute atomic E-state index is 0.0359. The molecule has 1 aromatic heterocycles. The van der Waals surface area contributed by atoms with E-state index < -0.39 is 23.3 Å². The van der Waals surface area contributed by atoms with Gasteiger partial charge in [0, 0.05) is 6.54 Å². The Morgan fingerprint density at radius 3 is 2.52 bits per heavy atom. The van der Waals surface area contributed by atoms with Gasteiger partial charge in [-0.1, -0.05) is 12.1 Å². The van der Waals surface area contributed by atoms with Crippen LogP contribution in [0.5, 0.6) is 0 Å². The molecule has 0 bridgehead atoms. The lowest BCUT2D eigenvalue weighted by molar-refractivity contribution is -0.121. The molecule has 132 valence electrons. The summed E-state index contributed by atoms with van der Waals surface area (Å²) in [5.74, 6) is -2.26. The van der Waals surface area contributed by atoms with Crippen molar-refractivity contribution < 1.29 is 14.0 Å². The van der Waals surface area contributed by atoms with Gasteiger partial charge >= 0.3 is 0 Å². The van der Waals surface area contributed by atoms with Crippen molar-refractivity contribution in [1.82, 2.24) is 15.5 Å². The van der Waals surface area contributed by atoms with Crippen LogP contribution in [0, 0.1) is 25.6 Å². The third-order valence-electron chi connectivity index (χ3n) is 4.00. The van der Waals surface area contributed by atoms with Crippen LogP contribution in [0.1, 0.15) is 27.2 Å². The second kappa shape index (κ2) is 7.69. The number of carbonyl (C=O) groups is 2. The molecule has 8 heteroatoms. The zero-order valence-electron chi connectivity index (χ0n) is 13.9. The van der Waals surface area contributed by atoms with Gasteiger partial charge in [-0.2, -0.15) is 5.10 Å². The number of aromatic nitrogens is 2. The van der Waals surface area contributed by atoms with Crippen LogP contribution >= 0.6 is 0 Å². The number of amides is 2. The molecule has 0 saturated heterocycles. The first-order valence-electron chi connectivity index (χ1n) is 7.67. The fraction of sp³-hybridized carbons (Fsp3) is 0.294. The van der Waals surface area contributed by atoms with E-state index in [1.165, 1.54) is 12.1 Å². The molecule has 0 saturated carbocycles. The average molecular weight is 346 g/mol. The van der Waals surface area contributed by atoms with Crippen LogP contribution in [-0.2, 0) is 11.2 Å². The Balaban J connectivity index is 2.10. The van der Waals surface area contributed by atoms with E-state index in [-0.39, 0.29) is 24.3 Å². The summed E-state index contributed by atoms with van der Waals surface area (Å²) in [6.07, 6.45) is 0.251. The maximum atomic E-state index is 12.9. The molecule has 0 radical (unpaired) electrons. The molecule has 2 aromatic rings. The molecule has 2 rings (SSSR count). The van der Waals surface area contributed by atoms with Crippen molar-refractivity contribution in [2.45, 2.75) is 20.3 Å². The van der Waals surface area contributed by atoms with Gasteiger partial charge in [0.2, 0.25) is 5.91 Å². The number of carbonyl (C=O) groups excluding carboxylic acids is 2. The minimum Gasteiger partial charge on any atom is -0.369 e. The second-order valence-electron chi connectivity index (χ2n) is 5.78. The molecule has 0 aliphatic rings. The number of rotatable bonds is 6. The van der Waals surface area contributed by atoms with E-state index in [0.717, 1.165) is 0 Å². The van der Waals surface area contributed by atoms with E-state index in [9.17, 15) is 18.8 Å². The lowest BCUT2D eigenvalue weighted by atomic mass is 9.98. The topological polar surface area (TPSA) is 118 Å². The molecule has 0 aliphatic carbocycles. The highest BCUT2D eigenvalue weighted by molar-refractivity contribution is 5.95.